The Hall–Kier alpha value is -1.05. The molecule has 270 valence electrons. The van der Waals surface area contributed by atoms with Gasteiger partial charge in [-0.2, -0.15) is 0 Å². The lowest BCUT2D eigenvalue weighted by Crippen LogP contribution is -2.51. The zero-order valence-corrected chi connectivity index (χ0v) is 32.3. The second-order valence-electron chi connectivity index (χ2n) is 18.0. The molecule has 0 spiro atoms. The maximum Gasteiger partial charge on any atom is 0.306 e. The molecule has 0 N–H and O–H groups in total. The minimum absolute atomic E-state index is 0.0541. The van der Waals surface area contributed by atoms with Crippen LogP contribution >= 0.6 is 0 Å². The van der Waals surface area contributed by atoms with Crippen molar-refractivity contribution < 1.29 is 9.53 Å². The van der Waals surface area contributed by atoms with Gasteiger partial charge in [0, 0.05) is 12.8 Å². The lowest BCUT2D eigenvalue weighted by atomic mass is 9.47. The standard InChI is InChI=1S/C45H78O2/c1-7-8-9-10-11-12-13-14-15-16-17-18-19-20-21-25-43(46)47-38-30-32-44(5)37(34-38)26-27-39-41-29-28-40(36(4)24-22-23-35(2)3)45(41,6)33-31-42(39)44/h14-15,26,35-36,38-42H,7-13,16-25,27-34H2,1-6H3. The van der Waals surface area contributed by atoms with E-state index in [0.717, 1.165) is 61.2 Å². The summed E-state index contributed by atoms with van der Waals surface area (Å²) in [7, 11) is 0. The van der Waals surface area contributed by atoms with Crippen LogP contribution in [-0.2, 0) is 9.53 Å². The van der Waals surface area contributed by atoms with Crippen LogP contribution in [0.2, 0.25) is 0 Å². The Balaban J connectivity index is 1.12. The maximum atomic E-state index is 12.8. The summed E-state index contributed by atoms with van der Waals surface area (Å²) in [5, 5.41) is 0. The van der Waals surface area contributed by atoms with Crippen molar-refractivity contribution in [3.05, 3.63) is 23.8 Å². The largest absolute Gasteiger partial charge is 0.462 e. The van der Waals surface area contributed by atoms with Crippen LogP contribution in [0.1, 0.15) is 202 Å². The summed E-state index contributed by atoms with van der Waals surface area (Å²) in [4.78, 5) is 12.8. The third-order valence-corrected chi connectivity index (χ3v) is 14.2. The summed E-state index contributed by atoms with van der Waals surface area (Å²) in [6.45, 7) is 14.9. The van der Waals surface area contributed by atoms with Crippen LogP contribution in [0.15, 0.2) is 23.8 Å². The highest BCUT2D eigenvalue weighted by atomic mass is 16.5. The highest BCUT2D eigenvalue weighted by molar-refractivity contribution is 5.69. The van der Waals surface area contributed by atoms with E-state index >= 15 is 0 Å². The molecule has 8 atom stereocenters. The average molecular weight is 651 g/mol. The van der Waals surface area contributed by atoms with Gasteiger partial charge < -0.3 is 4.74 Å². The number of carbonyl (C=O) groups is 1. The van der Waals surface area contributed by atoms with E-state index in [9.17, 15) is 4.79 Å². The number of ether oxygens (including phenoxy) is 1. The first-order valence-corrected chi connectivity index (χ1v) is 21.2. The number of hydrogen-bond acceptors (Lipinski definition) is 2. The van der Waals surface area contributed by atoms with Gasteiger partial charge >= 0.3 is 5.97 Å². The van der Waals surface area contributed by atoms with Gasteiger partial charge in [0.15, 0.2) is 0 Å². The number of hydrogen-bond donors (Lipinski definition) is 0. The fourth-order valence-corrected chi connectivity index (χ4v) is 11.3. The molecule has 0 aromatic carbocycles. The molecule has 0 bridgehead atoms. The molecule has 0 saturated heterocycles. The highest BCUT2D eigenvalue weighted by Gasteiger charge is 2.59. The molecule has 0 aliphatic heterocycles. The Bertz CT molecular complexity index is 976. The zero-order chi connectivity index (χ0) is 33.7. The Morgan fingerprint density at radius 1 is 0.809 bits per heavy atom. The number of carbonyl (C=O) groups excluding carboxylic acids is 1. The van der Waals surface area contributed by atoms with Crippen molar-refractivity contribution in [2.24, 2.45) is 46.3 Å². The predicted octanol–water partition coefficient (Wildman–Crippen LogP) is 14.0. The predicted molar refractivity (Wildman–Crippen MR) is 202 cm³/mol. The van der Waals surface area contributed by atoms with E-state index in [-0.39, 0.29) is 12.1 Å². The zero-order valence-electron chi connectivity index (χ0n) is 32.3. The summed E-state index contributed by atoms with van der Waals surface area (Å²) < 4.78 is 6.12. The summed E-state index contributed by atoms with van der Waals surface area (Å²) in [5.74, 6) is 5.31. The minimum Gasteiger partial charge on any atom is -0.462 e. The SMILES string of the molecule is CCCCCCCCC=CCCCCCCCC(=O)OC1CCC2(C)C(=CCC3C2CCC2(C)C(C(C)CCCC(C)C)CCC32)C1. The summed E-state index contributed by atoms with van der Waals surface area (Å²) >= 11 is 0. The number of allylic oxidation sites excluding steroid dienone is 3. The third kappa shape index (κ3) is 10.7. The molecule has 4 aliphatic carbocycles. The first-order valence-electron chi connectivity index (χ1n) is 21.2. The molecule has 4 rings (SSSR count). The van der Waals surface area contributed by atoms with Crippen LogP contribution in [0.5, 0.6) is 0 Å². The monoisotopic (exact) mass is 651 g/mol. The van der Waals surface area contributed by atoms with Crippen molar-refractivity contribution in [1.82, 2.24) is 0 Å². The summed E-state index contributed by atoms with van der Waals surface area (Å²) in [6, 6.07) is 0. The molecule has 0 aromatic heterocycles. The van der Waals surface area contributed by atoms with E-state index in [1.807, 2.05) is 0 Å². The van der Waals surface area contributed by atoms with Gasteiger partial charge in [0.25, 0.3) is 0 Å². The Morgan fingerprint density at radius 3 is 2.19 bits per heavy atom. The Morgan fingerprint density at radius 2 is 1.49 bits per heavy atom. The van der Waals surface area contributed by atoms with E-state index < -0.39 is 0 Å². The fraction of sp³-hybridized carbons (Fsp3) is 0.889. The van der Waals surface area contributed by atoms with E-state index in [1.165, 1.54) is 128 Å². The molecule has 8 unspecified atom stereocenters. The van der Waals surface area contributed by atoms with Crippen molar-refractivity contribution in [2.45, 2.75) is 208 Å². The van der Waals surface area contributed by atoms with E-state index in [0.29, 0.717) is 17.3 Å². The van der Waals surface area contributed by atoms with Gasteiger partial charge in [-0.15, -0.1) is 0 Å². The molecule has 0 heterocycles. The first-order chi connectivity index (χ1) is 22.7. The number of fused-ring (bicyclic) bond motifs is 5. The minimum atomic E-state index is 0.0541. The molecule has 4 aliphatic rings. The topological polar surface area (TPSA) is 26.3 Å². The van der Waals surface area contributed by atoms with Crippen molar-refractivity contribution >= 4 is 5.97 Å². The fourth-order valence-electron chi connectivity index (χ4n) is 11.3. The van der Waals surface area contributed by atoms with Crippen LogP contribution in [0.3, 0.4) is 0 Å². The molecule has 3 fully saturated rings. The smallest absolute Gasteiger partial charge is 0.306 e. The Kier molecular flexibility index (Phi) is 16.0. The van der Waals surface area contributed by atoms with Gasteiger partial charge in [-0.1, -0.05) is 136 Å². The lowest BCUT2D eigenvalue weighted by molar-refractivity contribution is -0.151. The van der Waals surface area contributed by atoms with E-state index in [2.05, 4.69) is 59.8 Å². The van der Waals surface area contributed by atoms with Crippen LogP contribution in [0.25, 0.3) is 0 Å². The Labute approximate surface area is 293 Å². The molecule has 0 radical (unpaired) electrons. The van der Waals surface area contributed by atoms with Gasteiger partial charge in [-0.05, 0) is 123 Å². The molecular weight excluding hydrogens is 572 g/mol. The second kappa shape index (κ2) is 19.4. The van der Waals surface area contributed by atoms with Crippen molar-refractivity contribution in [1.29, 1.82) is 0 Å². The quantitative estimate of drug-likeness (QED) is 0.0702. The molecule has 47 heavy (non-hydrogen) atoms. The molecule has 0 aromatic rings. The molecule has 3 saturated carbocycles. The normalized spacial score (nSPS) is 32.6. The number of rotatable bonds is 21. The second-order valence-corrected chi connectivity index (χ2v) is 18.0. The summed E-state index contributed by atoms with van der Waals surface area (Å²) in [5.41, 5.74) is 2.53. The average Bonchev–Trinajstić information content (AvgIpc) is 3.40. The van der Waals surface area contributed by atoms with Gasteiger partial charge in [0.05, 0.1) is 0 Å². The first kappa shape index (κ1) is 38.7. The van der Waals surface area contributed by atoms with Crippen LogP contribution in [0.4, 0.5) is 0 Å². The lowest BCUT2D eigenvalue weighted by Gasteiger charge is -2.58. The van der Waals surface area contributed by atoms with Gasteiger partial charge in [-0.25, -0.2) is 0 Å². The molecule has 2 heteroatoms. The third-order valence-electron chi connectivity index (χ3n) is 14.2. The van der Waals surface area contributed by atoms with Crippen LogP contribution < -0.4 is 0 Å². The number of esters is 1. The van der Waals surface area contributed by atoms with E-state index in [1.54, 1.807) is 5.57 Å². The van der Waals surface area contributed by atoms with E-state index in [4.69, 9.17) is 4.74 Å². The number of unbranched alkanes of at least 4 members (excludes halogenated alkanes) is 11. The highest BCUT2D eigenvalue weighted by Crippen LogP contribution is 2.67. The van der Waals surface area contributed by atoms with Crippen molar-refractivity contribution in [3.63, 3.8) is 0 Å². The van der Waals surface area contributed by atoms with Crippen molar-refractivity contribution in [2.75, 3.05) is 0 Å². The van der Waals surface area contributed by atoms with Gasteiger partial charge in [0.2, 0.25) is 0 Å². The molecular formula is C45H78O2. The molecule has 0 amide bonds. The maximum absolute atomic E-state index is 12.8. The van der Waals surface area contributed by atoms with Crippen molar-refractivity contribution in [3.8, 4) is 0 Å². The van der Waals surface area contributed by atoms with Crippen LogP contribution in [-0.4, -0.2) is 12.1 Å². The van der Waals surface area contributed by atoms with Crippen LogP contribution in [0, 0.1) is 46.3 Å². The molecule has 2 nitrogen and oxygen atoms in total. The van der Waals surface area contributed by atoms with Gasteiger partial charge in [-0.3, -0.25) is 4.79 Å². The summed E-state index contributed by atoms with van der Waals surface area (Å²) in [6.07, 6.45) is 39.5. The van der Waals surface area contributed by atoms with Gasteiger partial charge in [0.1, 0.15) is 6.10 Å².